The van der Waals surface area contributed by atoms with Crippen LogP contribution in [0.3, 0.4) is 0 Å². The number of carbonyl (C=O) groups is 1. The summed E-state index contributed by atoms with van der Waals surface area (Å²) in [6.45, 7) is 2.63. The van der Waals surface area contributed by atoms with Crippen molar-refractivity contribution in [1.82, 2.24) is 10.2 Å². The minimum Gasteiger partial charge on any atom is -0.478 e. The summed E-state index contributed by atoms with van der Waals surface area (Å²) in [6.07, 6.45) is 4.27. The van der Waals surface area contributed by atoms with Gasteiger partial charge in [0.05, 0.1) is 5.57 Å². The van der Waals surface area contributed by atoms with Gasteiger partial charge in [0, 0.05) is 38.0 Å². The Hall–Kier alpha value is -1.29. The second-order valence-corrected chi connectivity index (χ2v) is 3.23. The molecule has 2 N–H and O–H groups in total. The molecular formula is C9H12N2O2. The molecule has 1 fully saturated rings. The number of hydrogen-bond acceptors (Lipinski definition) is 3. The highest BCUT2D eigenvalue weighted by Gasteiger charge is 2.19. The number of fused-ring (bicyclic) bond motifs is 1. The van der Waals surface area contributed by atoms with Gasteiger partial charge in [-0.1, -0.05) is 6.08 Å². The average molecular weight is 180 g/mol. The number of carboxylic acids is 1. The molecule has 0 bridgehead atoms. The highest BCUT2D eigenvalue weighted by atomic mass is 16.4. The van der Waals surface area contributed by atoms with Gasteiger partial charge in [0.25, 0.3) is 0 Å². The van der Waals surface area contributed by atoms with Crippen LogP contribution in [0.25, 0.3) is 0 Å². The van der Waals surface area contributed by atoms with Crippen molar-refractivity contribution >= 4 is 5.97 Å². The molecular weight excluding hydrogens is 168 g/mol. The topological polar surface area (TPSA) is 52.6 Å². The second kappa shape index (κ2) is 3.22. The first-order valence-corrected chi connectivity index (χ1v) is 4.38. The van der Waals surface area contributed by atoms with Crippen LogP contribution in [-0.2, 0) is 4.79 Å². The number of carboxylic acid groups (broad SMARTS) is 1. The molecule has 2 aliphatic heterocycles. The normalized spacial score (nSPS) is 21.7. The molecule has 0 aromatic rings. The summed E-state index contributed by atoms with van der Waals surface area (Å²) in [5, 5.41) is 12.0. The molecule has 4 heteroatoms. The summed E-state index contributed by atoms with van der Waals surface area (Å²) in [5.74, 6) is -0.811. The minimum atomic E-state index is -0.811. The highest BCUT2D eigenvalue weighted by molar-refractivity contribution is 5.87. The average Bonchev–Trinajstić information content (AvgIpc) is 2.17. The first-order chi connectivity index (χ1) is 6.27. The fraction of sp³-hybridized carbons (Fsp3) is 0.444. The Morgan fingerprint density at radius 2 is 2.46 bits per heavy atom. The zero-order valence-corrected chi connectivity index (χ0v) is 7.29. The van der Waals surface area contributed by atoms with E-state index in [0.717, 1.165) is 19.6 Å². The van der Waals surface area contributed by atoms with Crippen LogP contribution < -0.4 is 5.32 Å². The lowest BCUT2D eigenvalue weighted by Crippen LogP contribution is -2.40. The molecule has 2 rings (SSSR count). The van der Waals surface area contributed by atoms with Crippen molar-refractivity contribution in [3.63, 3.8) is 0 Å². The molecule has 0 amide bonds. The highest BCUT2D eigenvalue weighted by Crippen LogP contribution is 2.19. The SMILES string of the molecule is O=C(O)C1=CN2CCNCC2=CC1. The van der Waals surface area contributed by atoms with E-state index < -0.39 is 5.97 Å². The summed E-state index contributed by atoms with van der Waals surface area (Å²) in [7, 11) is 0. The number of hydrogen-bond donors (Lipinski definition) is 2. The van der Waals surface area contributed by atoms with E-state index in [9.17, 15) is 4.79 Å². The number of aliphatic carboxylic acids is 1. The summed E-state index contributed by atoms with van der Waals surface area (Å²) in [5.41, 5.74) is 1.67. The maximum Gasteiger partial charge on any atom is 0.333 e. The Morgan fingerprint density at radius 1 is 1.62 bits per heavy atom. The number of piperazine rings is 1. The fourth-order valence-electron chi connectivity index (χ4n) is 1.61. The molecule has 0 radical (unpaired) electrons. The van der Waals surface area contributed by atoms with Crippen molar-refractivity contribution in [1.29, 1.82) is 0 Å². The molecule has 0 saturated carbocycles. The number of nitrogens with zero attached hydrogens (tertiary/aromatic N) is 1. The van der Waals surface area contributed by atoms with E-state index in [0.29, 0.717) is 12.0 Å². The molecule has 4 nitrogen and oxygen atoms in total. The van der Waals surface area contributed by atoms with Crippen LogP contribution in [0.5, 0.6) is 0 Å². The minimum absolute atomic E-state index is 0.477. The van der Waals surface area contributed by atoms with Gasteiger partial charge in [-0.15, -0.1) is 0 Å². The van der Waals surface area contributed by atoms with Gasteiger partial charge in [-0.25, -0.2) is 4.79 Å². The molecule has 0 aromatic carbocycles. The molecule has 0 aliphatic carbocycles. The fourth-order valence-corrected chi connectivity index (χ4v) is 1.61. The van der Waals surface area contributed by atoms with Crippen LogP contribution in [-0.4, -0.2) is 35.6 Å². The van der Waals surface area contributed by atoms with E-state index in [2.05, 4.69) is 5.32 Å². The largest absolute Gasteiger partial charge is 0.478 e. The Bertz CT molecular complexity index is 294. The smallest absolute Gasteiger partial charge is 0.333 e. The molecule has 2 aliphatic rings. The van der Waals surface area contributed by atoms with Gasteiger partial charge in [-0.2, -0.15) is 0 Å². The van der Waals surface area contributed by atoms with Gasteiger partial charge in [-0.05, 0) is 0 Å². The van der Waals surface area contributed by atoms with Crippen LogP contribution in [0, 0.1) is 0 Å². The zero-order chi connectivity index (χ0) is 9.26. The monoisotopic (exact) mass is 180 g/mol. The molecule has 1 saturated heterocycles. The lowest BCUT2D eigenvalue weighted by atomic mass is 10.1. The van der Waals surface area contributed by atoms with Gasteiger partial charge >= 0.3 is 5.97 Å². The Morgan fingerprint density at radius 3 is 3.23 bits per heavy atom. The third kappa shape index (κ3) is 1.58. The quantitative estimate of drug-likeness (QED) is 0.603. The third-order valence-corrected chi connectivity index (χ3v) is 2.35. The van der Waals surface area contributed by atoms with Crippen LogP contribution in [0.2, 0.25) is 0 Å². The number of rotatable bonds is 1. The van der Waals surface area contributed by atoms with Crippen molar-refractivity contribution in [2.24, 2.45) is 0 Å². The molecule has 0 unspecified atom stereocenters. The lowest BCUT2D eigenvalue weighted by Gasteiger charge is -2.32. The zero-order valence-electron chi connectivity index (χ0n) is 7.29. The molecule has 70 valence electrons. The summed E-state index contributed by atoms with van der Waals surface area (Å²) in [6, 6.07) is 0. The second-order valence-electron chi connectivity index (χ2n) is 3.23. The van der Waals surface area contributed by atoms with Crippen LogP contribution >= 0.6 is 0 Å². The maximum absolute atomic E-state index is 10.7. The predicted octanol–water partition coefficient (Wildman–Crippen LogP) is 0.148. The van der Waals surface area contributed by atoms with Crippen LogP contribution in [0.4, 0.5) is 0 Å². The number of nitrogens with one attached hydrogen (secondary N) is 1. The molecule has 2 heterocycles. The van der Waals surface area contributed by atoms with Crippen molar-refractivity contribution in [2.75, 3.05) is 19.6 Å². The van der Waals surface area contributed by atoms with E-state index in [-0.39, 0.29) is 0 Å². The standard InChI is InChI=1S/C9H12N2O2/c12-9(13)7-1-2-8-5-10-3-4-11(8)6-7/h2,6,10H,1,3-5H2,(H,12,13). The van der Waals surface area contributed by atoms with E-state index >= 15 is 0 Å². The lowest BCUT2D eigenvalue weighted by molar-refractivity contribution is -0.132. The van der Waals surface area contributed by atoms with Crippen molar-refractivity contribution < 1.29 is 9.90 Å². The molecule has 0 spiro atoms. The summed E-state index contributed by atoms with van der Waals surface area (Å²) < 4.78 is 0. The Labute approximate surface area is 76.5 Å². The van der Waals surface area contributed by atoms with E-state index in [1.807, 2.05) is 11.0 Å². The predicted molar refractivity (Wildman–Crippen MR) is 48.0 cm³/mol. The van der Waals surface area contributed by atoms with Crippen LogP contribution in [0.15, 0.2) is 23.5 Å². The molecule has 0 atom stereocenters. The van der Waals surface area contributed by atoms with Crippen molar-refractivity contribution in [2.45, 2.75) is 6.42 Å². The first-order valence-electron chi connectivity index (χ1n) is 4.38. The van der Waals surface area contributed by atoms with E-state index in [1.165, 1.54) is 5.70 Å². The van der Waals surface area contributed by atoms with Crippen LogP contribution in [0.1, 0.15) is 6.42 Å². The summed E-state index contributed by atoms with van der Waals surface area (Å²) in [4.78, 5) is 12.7. The maximum atomic E-state index is 10.7. The number of allylic oxidation sites excluding steroid dienone is 1. The Balaban J connectivity index is 2.16. The van der Waals surface area contributed by atoms with E-state index in [1.54, 1.807) is 6.20 Å². The van der Waals surface area contributed by atoms with Crippen molar-refractivity contribution in [3.05, 3.63) is 23.5 Å². The van der Waals surface area contributed by atoms with Gasteiger partial charge in [0.15, 0.2) is 0 Å². The molecule has 0 aromatic heterocycles. The van der Waals surface area contributed by atoms with Gasteiger partial charge in [0.2, 0.25) is 0 Å². The Kier molecular flexibility index (Phi) is 2.06. The van der Waals surface area contributed by atoms with Gasteiger partial charge in [0.1, 0.15) is 0 Å². The first kappa shape index (κ1) is 8.31. The summed E-state index contributed by atoms with van der Waals surface area (Å²) >= 11 is 0. The van der Waals surface area contributed by atoms with Gasteiger partial charge in [-0.3, -0.25) is 0 Å². The van der Waals surface area contributed by atoms with E-state index in [4.69, 9.17) is 5.11 Å². The van der Waals surface area contributed by atoms with Gasteiger partial charge < -0.3 is 15.3 Å². The van der Waals surface area contributed by atoms with Crippen molar-refractivity contribution in [3.8, 4) is 0 Å². The molecule has 13 heavy (non-hydrogen) atoms. The third-order valence-electron chi connectivity index (χ3n) is 2.35.